The van der Waals surface area contributed by atoms with Gasteiger partial charge in [0.05, 0.1) is 13.5 Å². The van der Waals surface area contributed by atoms with Crippen molar-refractivity contribution in [2.24, 2.45) is 0 Å². The normalized spacial score (nSPS) is 10.1. The van der Waals surface area contributed by atoms with E-state index in [1.54, 1.807) is 38.3 Å². The zero-order chi connectivity index (χ0) is 20.4. The molecule has 0 aliphatic carbocycles. The summed E-state index contributed by atoms with van der Waals surface area (Å²) >= 11 is 0. The number of carbonyl (C=O) groups excluding carboxylic acids is 3. The van der Waals surface area contributed by atoms with E-state index in [0.717, 1.165) is 11.3 Å². The van der Waals surface area contributed by atoms with Gasteiger partial charge >= 0.3 is 0 Å². The summed E-state index contributed by atoms with van der Waals surface area (Å²) in [7, 11) is 1.59. The lowest BCUT2D eigenvalue weighted by Gasteiger charge is -2.08. The number of anilines is 1. The summed E-state index contributed by atoms with van der Waals surface area (Å²) in [5.74, 6) is 0.311. The predicted octanol–water partition coefficient (Wildman–Crippen LogP) is 2.13. The number of methoxy groups -OCH3 is 1. The maximum Gasteiger partial charge on any atom is 0.251 e. The molecule has 0 bridgehead atoms. The van der Waals surface area contributed by atoms with Crippen LogP contribution < -0.4 is 20.7 Å². The lowest BCUT2D eigenvalue weighted by atomic mass is 10.1. The Morgan fingerprint density at radius 1 is 0.857 bits per heavy atom. The third-order valence-corrected chi connectivity index (χ3v) is 4.01. The smallest absolute Gasteiger partial charge is 0.251 e. The topological polar surface area (TPSA) is 96.5 Å². The summed E-state index contributed by atoms with van der Waals surface area (Å²) in [4.78, 5) is 35.3. The zero-order valence-electron chi connectivity index (χ0n) is 16.1. The molecule has 2 aromatic carbocycles. The van der Waals surface area contributed by atoms with Crippen LogP contribution in [-0.4, -0.2) is 37.9 Å². The quantitative estimate of drug-likeness (QED) is 0.578. The third-order valence-electron chi connectivity index (χ3n) is 4.01. The fourth-order valence-corrected chi connectivity index (χ4v) is 2.44. The molecule has 0 unspecified atom stereocenters. The second kappa shape index (κ2) is 10.7. The summed E-state index contributed by atoms with van der Waals surface area (Å²) in [5.41, 5.74) is 1.98. The van der Waals surface area contributed by atoms with Crippen LogP contribution in [0.1, 0.15) is 29.3 Å². The first-order valence-electron chi connectivity index (χ1n) is 9.09. The molecule has 148 valence electrons. The number of ether oxygens (including phenoxy) is 1. The van der Waals surface area contributed by atoms with Crippen LogP contribution in [0.25, 0.3) is 0 Å². The van der Waals surface area contributed by atoms with E-state index in [2.05, 4.69) is 16.0 Å². The summed E-state index contributed by atoms with van der Waals surface area (Å²) in [6, 6.07) is 13.9. The van der Waals surface area contributed by atoms with E-state index in [9.17, 15) is 14.4 Å². The monoisotopic (exact) mass is 383 g/mol. The SMILES string of the molecule is CCC(=O)NCCNC(=O)c1ccc(NC(=O)Cc2ccc(OC)cc2)cc1. The Bertz CT molecular complexity index is 801. The Hall–Kier alpha value is -3.35. The summed E-state index contributed by atoms with van der Waals surface area (Å²) in [6.07, 6.45) is 0.662. The van der Waals surface area contributed by atoms with Gasteiger partial charge in [-0.3, -0.25) is 14.4 Å². The molecule has 0 aliphatic rings. The van der Waals surface area contributed by atoms with E-state index < -0.39 is 0 Å². The first kappa shape index (κ1) is 21.0. The molecular weight excluding hydrogens is 358 g/mol. The van der Waals surface area contributed by atoms with Gasteiger partial charge in [-0.1, -0.05) is 19.1 Å². The van der Waals surface area contributed by atoms with Crippen molar-refractivity contribution in [2.75, 3.05) is 25.5 Å². The molecule has 7 nitrogen and oxygen atoms in total. The van der Waals surface area contributed by atoms with Crippen molar-refractivity contribution >= 4 is 23.4 Å². The zero-order valence-corrected chi connectivity index (χ0v) is 16.1. The Labute approximate surface area is 164 Å². The number of carbonyl (C=O) groups is 3. The van der Waals surface area contributed by atoms with Crippen LogP contribution in [0.3, 0.4) is 0 Å². The molecule has 0 radical (unpaired) electrons. The van der Waals surface area contributed by atoms with E-state index in [0.29, 0.717) is 30.8 Å². The van der Waals surface area contributed by atoms with Crippen LogP contribution in [0.5, 0.6) is 5.75 Å². The van der Waals surface area contributed by atoms with E-state index in [1.807, 2.05) is 24.3 Å². The van der Waals surface area contributed by atoms with Crippen LogP contribution in [0.4, 0.5) is 5.69 Å². The molecular formula is C21H25N3O4. The number of nitrogens with one attached hydrogen (secondary N) is 3. The maximum absolute atomic E-state index is 12.2. The number of rotatable bonds is 9. The number of benzene rings is 2. The Kier molecular flexibility index (Phi) is 8.02. The average Bonchev–Trinajstić information content (AvgIpc) is 2.71. The molecule has 7 heteroatoms. The average molecular weight is 383 g/mol. The van der Waals surface area contributed by atoms with Gasteiger partial charge in [0.2, 0.25) is 11.8 Å². The van der Waals surface area contributed by atoms with Gasteiger partial charge in [-0.05, 0) is 42.0 Å². The van der Waals surface area contributed by atoms with Crippen molar-refractivity contribution in [3.63, 3.8) is 0 Å². The molecule has 0 fully saturated rings. The maximum atomic E-state index is 12.2. The van der Waals surface area contributed by atoms with Crippen molar-refractivity contribution in [3.05, 3.63) is 59.7 Å². The third kappa shape index (κ3) is 6.75. The highest BCUT2D eigenvalue weighted by Crippen LogP contribution is 2.13. The first-order valence-corrected chi connectivity index (χ1v) is 9.09. The largest absolute Gasteiger partial charge is 0.497 e. The lowest BCUT2D eigenvalue weighted by Crippen LogP contribution is -2.34. The van der Waals surface area contributed by atoms with Crippen molar-refractivity contribution in [1.82, 2.24) is 10.6 Å². The molecule has 0 heterocycles. The lowest BCUT2D eigenvalue weighted by molar-refractivity contribution is -0.120. The van der Waals surface area contributed by atoms with E-state index >= 15 is 0 Å². The van der Waals surface area contributed by atoms with Crippen LogP contribution in [0.2, 0.25) is 0 Å². The summed E-state index contributed by atoms with van der Waals surface area (Å²) in [5, 5.41) is 8.22. The standard InChI is InChI=1S/C21H25N3O4/c1-3-19(25)22-12-13-23-21(27)16-6-8-17(9-7-16)24-20(26)14-15-4-10-18(28-2)11-5-15/h4-11H,3,12-14H2,1-2H3,(H,22,25)(H,23,27)(H,24,26). The van der Waals surface area contributed by atoms with Gasteiger partial charge in [-0.25, -0.2) is 0 Å². The highest BCUT2D eigenvalue weighted by molar-refractivity contribution is 5.96. The number of hydrogen-bond acceptors (Lipinski definition) is 4. The van der Waals surface area contributed by atoms with Crippen LogP contribution in [0.15, 0.2) is 48.5 Å². The molecule has 3 amide bonds. The Morgan fingerprint density at radius 3 is 2.11 bits per heavy atom. The minimum Gasteiger partial charge on any atom is -0.497 e. The molecule has 2 aromatic rings. The fraction of sp³-hybridized carbons (Fsp3) is 0.286. The van der Waals surface area contributed by atoms with E-state index in [4.69, 9.17) is 4.74 Å². The van der Waals surface area contributed by atoms with Gasteiger partial charge in [0.1, 0.15) is 5.75 Å². The second-order valence-corrected chi connectivity index (χ2v) is 6.11. The minimum atomic E-state index is -0.234. The van der Waals surface area contributed by atoms with Gasteiger partial charge in [-0.15, -0.1) is 0 Å². The van der Waals surface area contributed by atoms with Crippen LogP contribution >= 0.6 is 0 Å². The molecule has 0 spiro atoms. The molecule has 0 saturated carbocycles. The summed E-state index contributed by atoms with van der Waals surface area (Å²) < 4.78 is 5.10. The summed E-state index contributed by atoms with van der Waals surface area (Å²) in [6.45, 7) is 2.51. The van der Waals surface area contributed by atoms with Crippen molar-refractivity contribution in [2.45, 2.75) is 19.8 Å². The van der Waals surface area contributed by atoms with Gasteiger partial charge < -0.3 is 20.7 Å². The van der Waals surface area contributed by atoms with Gasteiger partial charge in [0.25, 0.3) is 5.91 Å². The molecule has 0 aliphatic heterocycles. The molecule has 2 rings (SSSR count). The van der Waals surface area contributed by atoms with Crippen molar-refractivity contribution in [1.29, 1.82) is 0 Å². The fourth-order valence-electron chi connectivity index (χ4n) is 2.44. The highest BCUT2D eigenvalue weighted by Gasteiger charge is 2.07. The Balaban J connectivity index is 1.80. The molecule has 3 N–H and O–H groups in total. The van der Waals surface area contributed by atoms with E-state index in [1.165, 1.54) is 0 Å². The molecule has 0 saturated heterocycles. The van der Waals surface area contributed by atoms with Crippen molar-refractivity contribution in [3.8, 4) is 5.75 Å². The molecule has 0 aromatic heterocycles. The Morgan fingerprint density at radius 2 is 1.50 bits per heavy atom. The van der Waals surface area contributed by atoms with Crippen molar-refractivity contribution < 1.29 is 19.1 Å². The predicted molar refractivity (Wildman–Crippen MR) is 107 cm³/mol. The van der Waals surface area contributed by atoms with Crippen LogP contribution in [0, 0.1) is 0 Å². The van der Waals surface area contributed by atoms with Gasteiger partial charge in [0, 0.05) is 30.8 Å². The number of amides is 3. The minimum absolute atomic E-state index is 0.0519. The van der Waals surface area contributed by atoms with Crippen LogP contribution in [-0.2, 0) is 16.0 Å². The van der Waals surface area contributed by atoms with Gasteiger partial charge in [-0.2, -0.15) is 0 Å². The number of hydrogen-bond donors (Lipinski definition) is 3. The second-order valence-electron chi connectivity index (χ2n) is 6.11. The molecule has 28 heavy (non-hydrogen) atoms. The highest BCUT2D eigenvalue weighted by atomic mass is 16.5. The first-order chi connectivity index (χ1) is 13.5. The van der Waals surface area contributed by atoms with Gasteiger partial charge in [0.15, 0.2) is 0 Å². The van der Waals surface area contributed by atoms with E-state index in [-0.39, 0.29) is 24.1 Å². The molecule has 0 atom stereocenters.